The Morgan fingerprint density at radius 2 is 2.22 bits per heavy atom. The number of nitrogens with zero attached hydrogens (tertiary/aromatic N) is 1. The molecule has 1 heterocycles. The zero-order valence-electron chi connectivity index (χ0n) is 11.7. The third kappa shape index (κ3) is 3.31. The summed E-state index contributed by atoms with van der Waals surface area (Å²) < 4.78 is 0. The van der Waals surface area contributed by atoms with Crippen molar-refractivity contribution in [1.82, 2.24) is 10.2 Å². The lowest BCUT2D eigenvalue weighted by Gasteiger charge is -2.32. The van der Waals surface area contributed by atoms with Crippen LogP contribution in [-0.2, 0) is 0 Å². The Hall–Kier alpha value is -0.900. The molecular weight excluding hydrogens is 222 g/mol. The van der Waals surface area contributed by atoms with Crippen LogP contribution in [0.4, 0.5) is 0 Å². The number of piperazine rings is 1. The molecule has 0 radical (unpaired) electrons. The van der Waals surface area contributed by atoms with E-state index < -0.39 is 0 Å². The van der Waals surface area contributed by atoms with Crippen LogP contribution in [0.15, 0.2) is 18.2 Å². The first-order valence-corrected chi connectivity index (χ1v) is 6.81. The van der Waals surface area contributed by atoms with Crippen molar-refractivity contribution in [2.75, 3.05) is 26.7 Å². The minimum Gasteiger partial charge on any atom is -0.324 e. The van der Waals surface area contributed by atoms with Crippen LogP contribution in [0.2, 0.25) is 0 Å². The van der Waals surface area contributed by atoms with Crippen molar-refractivity contribution in [2.45, 2.75) is 32.4 Å². The molecule has 0 spiro atoms. The molecule has 2 unspecified atom stereocenters. The van der Waals surface area contributed by atoms with Gasteiger partial charge in [-0.25, -0.2) is 0 Å². The van der Waals surface area contributed by atoms with Gasteiger partial charge in [-0.15, -0.1) is 0 Å². The molecule has 0 aromatic heterocycles. The highest BCUT2D eigenvalue weighted by Gasteiger charge is 2.20. The highest BCUT2D eigenvalue weighted by molar-refractivity contribution is 5.32. The lowest BCUT2D eigenvalue weighted by atomic mass is 9.94. The fourth-order valence-electron chi connectivity index (χ4n) is 2.74. The van der Waals surface area contributed by atoms with E-state index in [1.165, 1.54) is 16.7 Å². The second kappa shape index (κ2) is 5.83. The molecule has 0 saturated carbocycles. The topological polar surface area (TPSA) is 41.3 Å². The van der Waals surface area contributed by atoms with Crippen LogP contribution in [0.25, 0.3) is 0 Å². The molecule has 1 aromatic carbocycles. The molecule has 2 atom stereocenters. The first-order chi connectivity index (χ1) is 8.56. The Bertz CT molecular complexity index is 403. The van der Waals surface area contributed by atoms with Crippen molar-refractivity contribution >= 4 is 0 Å². The minimum absolute atomic E-state index is 0.133. The van der Waals surface area contributed by atoms with Gasteiger partial charge < -0.3 is 16.0 Å². The van der Waals surface area contributed by atoms with Crippen molar-refractivity contribution in [1.29, 1.82) is 0 Å². The summed E-state index contributed by atoms with van der Waals surface area (Å²) in [5.74, 6) is 0. The van der Waals surface area contributed by atoms with E-state index in [4.69, 9.17) is 5.73 Å². The zero-order valence-corrected chi connectivity index (χ0v) is 11.7. The molecule has 2 rings (SSSR count). The van der Waals surface area contributed by atoms with Gasteiger partial charge in [-0.2, -0.15) is 0 Å². The maximum atomic E-state index is 6.38. The maximum Gasteiger partial charge on any atom is 0.0312 e. The summed E-state index contributed by atoms with van der Waals surface area (Å²) in [5, 5.41) is 3.56. The Balaban J connectivity index is 2.02. The summed E-state index contributed by atoms with van der Waals surface area (Å²) >= 11 is 0. The summed E-state index contributed by atoms with van der Waals surface area (Å²) in [5.41, 5.74) is 10.3. The van der Waals surface area contributed by atoms with E-state index in [-0.39, 0.29) is 6.04 Å². The minimum atomic E-state index is 0.133. The fraction of sp³-hybridized carbons (Fsp3) is 0.600. The number of hydrogen-bond donors (Lipinski definition) is 2. The van der Waals surface area contributed by atoms with Crippen molar-refractivity contribution in [2.24, 2.45) is 5.73 Å². The van der Waals surface area contributed by atoms with Gasteiger partial charge in [0, 0.05) is 31.7 Å². The first-order valence-electron chi connectivity index (χ1n) is 6.81. The van der Waals surface area contributed by atoms with Crippen molar-refractivity contribution in [3.63, 3.8) is 0 Å². The van der Waals surface area contributed by atoms with Crippen LogP contribution in [0.1, 0.15) is 29.2 Å². The molecule has 0 amide bonds. The van der Waals surface area contributed by atoms with Gasteiger partial charge in [0.2, 0.25) is 0 Å². The molecule has 100 valence electrons. The molecule has 0 bridgehead atoms. The van der Waals surface area contributed by atoms with Crippen LogP contribution in [0, 0.1) is 13.8 Å². The number of nitrogens with two attached hydrogens (primary N) is 1. The number of likely N-dealkylation sites (N-methyl/N-ethyl adjacent to an activating group) is 1. The van der Waals surface area contributed by atoms with Gasteiger partial charge in [-0.05, 0) is 38.4 Å². The lowest BCUT2D eigenvalue weighted by molar-refractivity contribution is 0.225. The van der Waals surface area contributed by atoms with Gasteiger partial charge in [0.25, 0.3) is 0 Å². The summed E-state index contributed by atoms with van der Waals surface area (Å²) in [6.07, 6.45) is 1.01. The second-order valence-corrected chi connectivity index (χ2v) is 5.62. The molecule has 3 N–H and O–H groups in total. The van der Waals surface area contributed by atoms with Gasteiger partial charge in [0.05, 0.1) is 0 Å². The van der Waals surface area contributed by atoms with Gasteiger partial charge >= 0.3 is 0 Å². The van der Waals surface area contributed by atoms with Gasteiger partial charge in [0.15, 0.2) is 0 Å². The Morgan fingerprint density at radius 1 is 1.44 bits per heavy atom. The van der Waals surface area contributed by atoms with E-state index in [0.29, 0.717) is 6.04 Å². The van der Waals surface area contributed by atoms with Crippen LogP contribution in [-0.4, -0.2) is 37.6 Å². The molecule has 1 aromatic rings. The quantitative estimate of drug-likeness (QED) is 0.852. The smallest absolute Gasteiger partial charge is 0.0312 e. The monoisotopic (exact) mass is 247 g/mol. The number of hydrogen-bond acceptors (Lipinski definition) is 3. The average Bonchev–Trinajstić information content (AvgIpc) is 2.32. The van der Waals surface area contributed by atoms with E-state index in [9.17, 15) is 0 Å². The molecule has 1 saturated heterocycles. The predicted octanol–water partition coefficient (Wildman–Crippen LogP) is 1.60. The molecule has 1 aliphatic rings. The molecule has 3 heteroatoms. The Labute approximate surface area is 110 Å². The summed E-state index contributed by atoms with van der Waals surface area (Å²) in [6.45, 7) is 7.58. The van der Waals surface area contributed by atoms with Gasteiger partial charge in [-0.3, -0.25) is 0 Å². The van der Waals surface area contributed by atoms with Gasteiger partial charge in [-0.1, -0.05) is 23.8 Å². The lowest BCUT2D eigenvalue weighted by Crippen LogP contribution is -2.49. The molecule has 0 aliphatic carbocycles. The highest BCUT2D eigenvalue weighted by atomic mass is 15.2. The molecule has 1 fully saturated rings. The molecule has 18 heavy (non-hydrogen) atoms. The molecule has 1 aliphatic heterocycles. The summed E-state index contributed by atoms with van der Waals surface area (Å²) in [7, 11) is 2.18. The standard InChI is InChI=1S/C15H25N3/c1-11-4-5-12(2)14(8-11)15(16)9-13-10-18(3)7-6-17-13/h4-5,8,13,15,17H,6-7,9-10,16H2,1-3H3. The number of nitrogens with one attached hydrogen (secondary N) is 1. The highest BCUT2D eigenvalue weighted by Crippen LogP contribution is 2.21. The summed E-state index contributed by atoms with van der Waals surface area (Å²) in [4.78, 5) is 2.37. The van der Waals surface area contributed by atoms with Crippen LogP contribution < -0.4 is 11.1 Å². The van der Waals surface area contributed by atoms with E-state index in [1.807, 2.05) is 0 Å². The number of benzene rings is 1. The van der Waals surface area contributed by atoms with Crippen LogP contribution in [0.5, 0.6) is 0 Å². The van der Waals surface area contributed by atoms with Crippen LogP contribution >= 0.6 is 0 Å². The molecule has 3 nitrogen and oxygen atoms in total. The Kier molecular flexibility index (Phi) is 4.38. The third-order valence-corrected chi connectivity index (χ3v) is 3.83. The average molecular weight is 247 g/mol. The Morgan fingerprint density at radius 3 is 2.94 bits per heavy atom. The number of aryl methyl sites for hydroxylation is 2. The van der Waals surface area contributed by atoms with E-state index in [1.54, 1.807) is 0 Å². The third-order valence-electron chi connectivity index (χ3n) is 3.83. The van der Waals surface area contributed by atoms with Crippen molar-refractivity contribution < 1.29 is 0 Å². The van der Waals surface area contributed by atoms with E-state index in [0.717, 1.165) is 26.1 Å². The SMILES string of the molecule is Cc1ccc(C)c(C(N)CC2CN(C)CCN2)c1. The normalized spacial score (nSPS) is 23.0. The van der Waals surface area contributed by atoms with Crippen molar-refractivity contribution in [3.05, 3.63) is 34.9 Å². The summed E-state index contributed by atoms with van der Waals surface area (Å²) in [6, 6.07) is 7.20. The van der Waals surface area contributed by atoms with Crippen molar-refractivity contribution in [3.8, 4) is 0 Å². The number of rotatable bonds is 3. The molecular formula is C15H25N3. The maximum absolute atomic E-state index is 6.38. The largest absolute Gasteiger partial charge is 0.324 e. The zero-order chi connectivity index (χ0) is 13.1. The second-order valence-electron chi connectivity index (χ2n) is 5.62. The van der Waals surface area contributed by atoms with Crippen LogP contribution in [0.3, 0.4) is 0 Å². The first kappa shape index (κ1) is 13.5. The van der Waals surface area contributed by atoms with E-state index in [2.05, 4.69) is 49.3 Å². The van der Waals surface area contributed by atoms with Gasteiger partial charge in [0.1, 0.15) is 0 Å². The van der Waals surface area contributed by atoms with E-state index >= 15 is 0 Å². The fourth-order valence-corrected chi connectivity index (χ4v) is 2.74. The predicted molar refractivity (Wildman–Crippen MR) is 76.7 cm³/mol.